The molecule has 26 heavy (non-hydrogen) atoms. The molecule has 0 atom stereocenters. The molecule has 3 nitrogen and oxygen atoms in total. The molecule has 1 N–H and O–H groups in total. The van der Waals surface area contributed by atoms with Gasteiger partial charge in [-0.2, -0.15) is 5.26 Å². The van der Waals surface area contributed by atoms with Gasteiger partial charge in [0.1, 0.15) is 16.6 Å². The van der Waals surface area contributed by atoms with Crippen LogP contribution in [-0.2, 0) is 0 Å². The quantitative estimate of drug-likeness (QED) is 0.579. The fraction of sp³-hybridized carbons (Fsp3) is 0.182. The molecule has 0 spiro atoms. The Morgan fingerprint density at radius 2 is 1.85 bits per heavy atom. The molecule has 0 radical (unpaired) electrons. The van der Waals surface area contributed by atoms with Gasteiger partial charge in [0.2, 0.25) is 0 Å². The van der Waals surface area contributed by atoms with Crippen molar-refractivity contribution in [1.82, 2.24) is 4.98 Å². The van der Waals surface area contributed by atoms with E-state index in [1.54, 1.807) is 6.20 Å². The molecule has 0 aliphatic heterocycles. The maximum Gasteiger partial charge on any atom is 0.136 e. The monoisotopic (exact) mass is 359 g/mol. The summed E-state index contributed by atoms with van der Waals surface area (Å²) in [4.78, 5) is 4.66. The minimum absolute atomic E-state index is 0.532. The molecule has 4 heteroatoms. The van der Waals surface area contributed by atoms with Gasteiger partial charge in [-0.1, -0.05) is 29.8 Å². The van der Waals surface area contributed by atoms with Gasteiger partial charge in [-0.15, -0.1) is 11.3 Å². The van der Waals surface area contributed by atoms with Crippen molar-refractivity contribution in [3.8, 4) is 17.3 Å². The number of aromatic nitrogens is 1. The first-order valence-corrected chi connectivity index (χ1v) is 9.33. The average Bonchev–Trinajstić information content (AvgIpc) is 3.09. The number of thiazole rings is 1. The number of nitrogens with one attached hydrogen (secondary N) is 1. The van der Waals surface area contributed by atoms with E-state index in [0.29, 0.717) is 5.57 Å². The van der Waals surface area contributed by atoms with Gasteiger partial charge >= 0.3 is 0 Å². The molecule has 0 aliphatic carbocycles. The Labute approximate surface area is 158 Å². The highest BCUT2D eigenvalue weighted by atomic mass is 32.1. The van der Waals surface area contributed by atoms with Crippen LogP contribution in [0.2, 0.25) is 0 Å². The third-order valence-electron chi connectivity index (χ3n) is 4.41. The lowest BCUT2D eigenvalue weighted by Crippen LogP contribution is -1.94. The molecule has 2 aromatic carbocycles. The summed E-state index contributed by atoms with van der Waals surface area (Å²) >= 11 is 1.49. The van der Waals surface area contributed by atoms with Crippen molar-refractivity contribution >= 4 is 22.6 Å². The summed E-state index contributed by atoms with van der Waals surface area (Å²) in [6.45, 7) is 8.31. The minimum atomic E-state index is 0.532. The van der Waals surface area contributed by atoms with E-state index in [2.05, 4.69) is 74.4 Å². The Morgan fingerprint density at radius 1 is 1.04 bits per heavy atom. The maximum absolute atomic E-state index is 9.54. The molecular weight excluding hydrogens is 338 g/mol. The Morgan fingerprint density at radius 3 is 2.54 bits per heavy atom. The normalized spacial score (nSPS) is 11.3. The summed E-state index contributed by atoms with van der Waals surface area (Å²) < 4.78 is 0. The van der Waals surface area contributed by atoms with E-state index in [9.17, 15) is 5.26 Å². The molecule has 3 rings (SSSR count). The number of hydrogen-bond donors (Lipinski definition) is 1. The molecule has 1 aromatic heterocycles. The summed E-state index contributed by atoms with van der Waals surface area (Å²) in [7, 11) is 0. The fourth-order valence-corrected chi connectivity index (χ4v) is 3.49. The topological polar surface area (TPSA) is 48.7 Å². The molecule has 3 aromatic rings. The van der Waals surface area contributed by atoms with Crippen LogP contribution in [0.5, 0.6) is 0 Å². The van der Waals surface area contributed by atoms with Crippen LogP contribution in [0.1, 0.15) is 27.3 Å². The van der Waals surface area contributed by atoms with Gasteiger partial charge in [-0.25, -0.2) is 4.98 Å². The lowest BCUT2D eigenvalue weighted by atomic mass is 10.1. The van der Waals surface area contributed by atoms with Crippen molar-refractivity contribution in [3.63, 3.8) is 0 Å². The van der Waals surface area contributed by atoms with Crippen LogP contribution < -0.4 is 5.32 Å². The number of allylic oxidation sites excluding steroid dienone is 1. The van der Waals surface area contributed by atoms with Crippen LogP contribution in [0.4, 0.5) is 5.69 Å². The van der Waals surface area contributed by atoms with Gasteiger partial charge in [0, 0.05) is 22.8 Å². The standard InChI is InChI=1S/C22H21N3S/c1-14-5-8-20(17(4)9-14)24-12-19(11-23)22-25-21(13-26-22)18-7-6-15(2)16(3)10-18/h5-10,12-13,24H,1-4H3/b19-12+. The Hall–Kier alpha value is -2.90. The predicted octanol–water partition coefficient (Wildman–Crippen LogP) is 6.02. The van der Waals surface area contributed by atoms with Gasteiger partial charge in [-0.3, -0.25) is 0 Å². The first kappa shape index (κ1) is 17.9. The third-order valence-corrected chi connectivity index (χ3v) is 5.29. The predicted molar refractivity (Wildman–Crippen MR) is 110 cm³/mol. The van der Waals surface area contributed by atoms with Crippen LogP contribution in [0, 0.1) is 39.0 Å². The van der Waals surface area contributed by atoms with E-state index in [4.69, 9.17) is 0 Å². The van der Waals surface area contributed by atoms with E-state index in [0.717, 1.165) is 27.5 Å². The molecule has 0 bridgehead atoms. The second-order valence-electron chi connectivity index (χ2n) is 6.47. The van der Waals surface area contributed by atoms with Crippen molar-refractivity contribution in [3.05, 3.63) is 75.2 Å². The molecule has 0 aliphatic rings. The van der Waals surface area contributed by atoms with E-state index < -0.39 is 0 Å². The number of hydrogen-bond acceptors (Lipinski definition) is 4. The van der Waals surface area contributed by atoms with Gasteiger partial charge in [-0.05, 0) is 56.5 Å². The van der Waals surface area contributed by atoms with Gasteiger partial charge in [0.05, 0.1) is 5.69 Å². The SMILES string of the molecule is Cc1ccc(N/C=C(\C#N)c2nc(-c3ccc(C)c(C)c3)cs2)c(C)c1. The van der Waals surface area contributed by atoms with Crippen molar-refractivity contribution in [2.75, 3.05) is 5.32 Å². The number of aryl methyl sites for hydroxylation is 4. The largest absolute Gasteiger partial charge is 0.360 e. The average molecular weight is 359 g/mol. The van der Waals surface area contributed by atoms with Crippen LogP contribution in [-0.4, -0.2) is 4.98 Å². The Bertz CT molecular complexity index is 1020. The summed E-state index contributed by atoms with van der Waals surface area (Å²) in [6.07, 6.45) is 1.74. The van der Waals surface area contributed by atoms with E-state index in [1.165, 1.54) is 28.0 Å². The Kier molecular flexibility index (Phi) is 5.20. The van der Waals surface area contributed by atoms with Crippen LogP contribution in [0.3, 0.4) is 0 Å². The number of rotatable bonds is 4. The number of anilines is 1. The molecule has 0 saturated carbocycles. The fourth-order valence-electron chi connectivity index (χ4n) is 2.70. The second kappa shape index (κ2) is 7.55. The number of benzene rings is 2. The minimum Gasteiger partial charge on any atom is -0.360 e. The zero-order valence-corrected chi connectivity index (χ0v) is 16.2. The van der Waals surface area contributed by atoms with E-state index in [-0.39, 0.29) is 0 Å². The molecule has 130 valence electrons. The number of nitriles is 1. The summed E-state index contributed by atoms with van der Waals surface area (Å²) in [5.74, 6) is 0. The molecule has 0 amide bonds. The lowest BCUT2D eigenvalue weighted by Gasteiger charge is -2.06. The van der Waals surface area contributed by atoms with Gasteiger partial charge < -0.3 is 5.32 Å². The molecule has 0 unspecified atom stereocenters. The maximum atomic E-state index is 9.54. The van der Waals surface area contributed by atoms with Crippen LogP contribution in [0.25, 0.3) is 16.8 Å². The third kappa shape index (κ3) is 3.84. The molecule has 1 heterocycles. The number of nitrogens with zero attached hydrogens (tertiary/aromatic N) is 2. The van der Waals surface area contributed by atoms with E-state index >= 15 is 0 Å². The molecule has 0 fully saturated rings. The van der Waals surface area contributed by atoms with Crippen LogP contribution >= 0.6 is 11.3 Å². The van der Waals surface area contributed by atoms with Crippen LogP contribution in [0.15, 0.2) is 48.0 Å². The highest BCUT2D eigenvalue weighted by molar-refractivity contribution is 7.11. The smallest absolute Gasteiger partial charge is 0.136 e. The van der Waals surface area contributed by atoms with Crippen molar-refractivity contribution in [2.24, 2.45) is 0 Å². The van der Waals surface area contributed by atoms with E-state index in [1.807, 2.05) is 11.4 Å². The van der Waals surface area contributed by atoms with Crippen molar-refractivity contribution < 1.29 is 0 Å². The first-order chi connectivity index (χ1) is 12.5. The van der Waals surface area contributed by atoms with Gasteiger partial charge in [0.15, 0.2) is 0 Å². The van der Waals surface area contributed by atoms with Crippen molar-refractivity contribution in [1.29, 1.82) is 5.26 Å². The van der Waals surface area contributed by atoms with Crippen molar-refractivity contribution in [2.45, 2.75) is 27.7 Å². The first-order valence-electron chi connectivity index (χ1n) is 8.45. The Balaban J connectivity index is 1.86. The second-order valence-corrected chi connectivity index (χ2v) is 7.33. The lowest BCUT2D eigenvalue weighted by molar-refractivity contribution is 1.31. The summed E-state index contributed by atoms with van der Waals surface area (Å²) in [5.41, 5.74) is 8.38. The summed E-state index contributed by atoms with van der Waals surface area (Å²) in [5, 5.41) is 15.5. The summed E-state index contributed by atoms with van der Waals surface area (Å²) in [6, 6.07) is 14.8. The molecule has 0 saturated heterocycles. The zero-order chi connectivity index (χ0) is 18.7. The molecular formula is C22H21N3S. The highest BCUT2D eigenvalue weighted by Crippen LogP contribution is 2.27. The highest BCUT2D eigenvalue weighted by Gasteiger charge is 2.10. The van der Waals surface area contributed by atoms with Gasteiger partial charge in [0.25, 0.3) is 0 Å². The zero-order valence-electron chi connectivity index (χ0n) is 15.4.